The topological polar surface area (TPSA) is 40.7 Å². The predicted octanol–water partition coefficient (Wildman–Crippen LogP) is 2.04. The Morgan fingerprint density at radius 1 is 1.29 bits per heavy atom. The minimum absolute atomic E-state index is 0.874. The van der Waals surface area contributed by atoms with E-state index in [1.807, 2.05) is 25.4 Å². The largest absolute Gasteiger partial charge is 0.345 e. The lowest BCUT2D eigenvalue weighted by atomic mass is 10.1. The van der Waals surface area contributed by atoms with E-state index in [1.165, 1.54) is 0 Å². The number of aromatic nitrogens is 2. The highest BCUT2D eigenvalue weighted by atomic mass is 14.9. The Morgan fingerprint density at radius 2 is 2.12 bits per heavy atom. The summed E-state index contributed by atoms with van der Waals surface area (Å²) in [4.78, 5) is 7.08. The highest BCUT2D eigenvalue weighted by molar-refractivity contribution is 5.59. The Labute approximate surface area is 101 Å². The Morgan fingerprint density at radius 3 is 2.76 bits per heavy atom. The van der Waals surface area contributed by atoms with Crippen LogP contribution in [-0.2, 0) is 0 Å². The summed E-state index contributed by atoms with van der Waals surface area (Å²) in [5.41, 5.74) is 3.20. The maximum absolute atomic E-state index is 4.00. The van der Waals surface area contributed by atoms with Gasteiger partial charge in [-0.25, -0.2) is 4.98 Å². The van der Waals surface area contributed by atoms with Crippen molar-refractivity contribution in [2.45, 2.75) is 6.42 Å². The van der Waals surface area contributed by atoms with Crippen LogP contribution in [0.25, 0.3) is 11.3 Å². The average molecular weight is 225 g/mol. The lowest BCUT2D eigenvalue weighted by Gasteiger charge is -1.97. The van der Waals surface area contributed by atoms with Gasteiger partial charge in [-0.15, -0.1) is 0 Å². The standard InChI is InChI=1S/C14H15N3/c1-15-9-3-2-4-12-5-7-13(8-6-12)14-10-16-11-17-14/h5-8,10-11,15H,3,9H2,1H3,(H,16,17). The van der Waals surface area contributed by atoms with E-state index in [4.69, 9.17) is 0 Å². The van der Waals surface area contributed by atoms with Crippen molar-refractivity contribution in [2.75, 3.05) is 13.6 Å². The second kappa shape index (κ2) is 5.88. The SMILES string of the molecule is CNCCC#Cc1ccc(-c2cnc[nH]2)cc1. The molecule has 0 saturated heterocycles. The fourth-order valence-corrected chi connectivity index (χ4v) is 1.50. The van der Waals surface area contributed by atoms with Crippen LogP contribution in [0.5, 0.6) is 0 Å². The van der Waals surface area contributed by atoms with E-state index in [9.17, 15) is 0 Å². The zero-order valence-corrected chi connectivity index (χ0v) is 9.83. The van der Waals surface area contributed by atoms with Crippen LogP contribution in [0.4, 0.5) is 0 Å². The zero-order chi connectivity index (χ0) is 11.9. The van der Waals surface area contributed by atoms with Crippen molar-refractivity contribution < 1.29 is 0 Å². The van der Waals surface area contributed by atoms with Crippen LogP contribution in [0, 0.1) is 11.8 Å². The van der Waals surface area contributed by atoms with Crippen molar-refractivity contribution in [3.8, 4) is 23.1 Å². The van der Waals surface area contributed by atoms with Gasteiger partial charge >= 0.3 is 0 Å². The van der Waals surface area contributed by atoms with Crippen molar-refractivity contribution in [1.82, 2.24) is 15.3 Å². The molecule has 17 heavy (non-hydrogen) atoms. The summed E-state index contributed by atoms with van der Waals surface area (Å²) in [5, 5.41) is 3.07. The number of nitrogens with zero attached hydrogens (tertiary/aromatic N) is 1. The van der Waals surface area contributed by atoms with Crippen molar-refractivity contribution in [3.63, 3.8) is 0 Å². The normalized spacial score (nSPS) is 9.71. The molecule has 1 aromatic heterocycles. The molecule has 0 aliphatic rings. The first kappa shape index (κ1) is 11.4. The van der Waals surface area contributed by atoms with Crippen LogP contribution in [0.3, 0.4) is 0 Å². The first-order valence-corrected chi connectivity index (χ1v) is 5.62. The molecular weight excluding hydrogens is 210 g/mol. The van der Waals surface area contributed by atoms with E-state index >= 15 is 0 Å². The zero-order valence-electron chi connectivity index (χ0n) is 9.83. The van der Waals surface area contributed by atoms with Crippen molar-refractivity contribution in [1.29, 1.82) is 0 Å². The van der Waals surface area contributed by atoms with Gasteiger partial charge in [-0.2, -0.15) is 0 Å². The van der Waals surface area contributed by atoms with Crippen LogP contribution >= 0.6 is 0 Å². The summed E-state index contributed by atoms with van der Waals surface area (Å²) >= 11 is 0. The van der Waals surface area contributed by atoms with Gasteiger partial charge in [-0.05, 0) is 24.7 Å². The number of rotatable bonds is 3. The van der Waals surface area contributed by atoms with E-state index in [2.05, 4.69) is 39.3 Å². The van der Waals surface area contributed by atoms with E-state index in [-0.39, 0.29) is 0 Å². The summed E-state index contributed by atoms with van der Waals surface area (Å²) in [7, 11) is 1.93. The second-order valence-electron chi connectivity index (χ2n) is 3.70. The third-order valence-corrected chi connectivity index (χ3v) is 2.43. The lowest BCUT2D eigenvalue weighted by Crippen LogP contribution is -2.05. The van der Waals surface area contributed by atoms with Gasteiger partial charge < -0.3 is 10.3 Å². The monoisotopic (exact) mass is 225 g/mol. The minimum atomic E-state index is 0.874. The molecule has 1 heterocycles. The quantitative estimate of drug-likeness (QED) is 0.620. The summed E-state index contributed by atoms with van der Waals surface area (Å²) in [6, 6.07) is 8.16. The van der Waals surface area contributed by atoms with E-state index in [1.54, 1.807) is 6.33 Å². The molecule has 0 amide bonds. The lowest BCUT2D eigenvalue weighted by molar-refractivity contribution is 0.818. The van der Waals surface area contributed by atoms with Gasteiger partial charge in [-0.1, -0.05) is 24.0 Å². The van der Waals surface area contributed by atoms with Gasteiger partial charge in [0.15, 0.2) is 0 Å². The van der Waals surface area contributed by atoms with Gasteiger partial charge in [0.2, 0.25) is 0 Å². The van der Waals surface area contributed by atoms with Crippen LogP contribution in [0.2, 0.25) is 0 Å². The average Bonchev–Trinajstić information content (AvgIpc) is 2.89. The predicted molar refractivity (Wildman–Crippen MR) is 69.4 cm³/mol. The number of nitrogens with one attached hydrogen (secondary N) is 2. The number of hydrogen-bond donors (Lipinski definition) is 2. The van der Waals surface area contributed by atoms with E-state index < -0.39 is 0 Å². The molecule has 3 nitrogen and oxygen atoms in total. The van der Waals surface area contributed by atoms with Crippen LogP contribution < -0.4 is 5.32 Å². The van der Waals surface area contributed by atoms with Gasteiger partial charge in [-0.3, -0.25) is 0 Å². The molecule has 0 aliphatic heterocycles. The van der Waals surface area contributed by atoms with Crippen molar-refractivity contribution in [3.05, 3.63) is 42.4 Å². The summed E-state index contributed by atoms with van der Waals surface area (Å²) < 4.78 is 0. The molecule has 0 aliphatic carbocycles. The molecule has 0 fully saturated rings. The van der Waals surface area contributed by atoms with Gasteiger partial charge in [0.25, 0.3) is 0 Å². The number of imidazole rings is 1. The molecule has 2 aromatic rings. The minimum Gasteiger partial charge on any atom is -0.345 e. The molecular formula is C14H15N3. The van der Waals surface area contributed by atoms with Gasteiger partial charge in [0.1, 0.15) is 0 Å². The summed E-state index contributed by atoms with van der Waals surface area (Å²) in [6.07, 6.45) is 4.37. The fraction of sp³-hybridized carbons (Fsp3) is 0.214. The van der Waals surface area contributed by atoms with E-state index in [0.717, 1.165) is 29.8 Å². The first-order valence-electron chi connectivity index (χ1n) is 5.62. The highest BCUT2D eigenvalue weighted by Gasteiger charge is 1.97. The smallest absolute Gasteiger partial charge is 0.0924 e. The Hall–Kier alpha value is -2.05. The maximum Gasteiger partial charge on any atom is 0.0924 e. The molecule has 0 atom stereocenters. The Kier molecular flexibility index (Phi) is 3.95. The fourth-order valence-electron chi connectivity index (χ4n) is 1.50. The third kappa shape index (κ3) is 3.20. The highest BCUT2D eigenvalue weighted by Crippen LogP contribution is 2.15. The maximum atomic E-state index is 4.00. The molecule has 2 N–H and O–H groups in total. The molecule has 0 saturated carbocycles. The first-order chi connectivity index (χ1) is 8.40. The van der Waals surface area contributed by atoms with Gasteiger partial charge in [0, 0.05) is 18.5 Å². The molecule has 0 spiro atoms. The van der Waals surface area contributed by atoms with Gasteiger partial charge in [0.05, 0.1) is 18.2 Å². The molecule has 0 radical (unpaired) electrons. The molecule has 86 valence electrons. The molecule has 0 bridgehead atoms. The van der Waals surface area contributed by atoms with E-state index in [0.29, 0.717) is 0 Å². The number of aromatic amines is 1. The molecule has 2 rings (SSSR count). The van der Waals surface area contributed by atoms with Crippen LogP contribution in [-0.4, -0.2) is 23.6 Å². The van der Waals surface area contributed by atoms with Crippen molar-refractivity contribution >= 4 is 0 Å². The summed E-state index contributed by atoms with van der Waals surface area (Å²) in [6.45, 7) is 0.930. The Balaban J connectivity index is 2.05. The van der Waals surface area contributed by atoms with Crippen LogP contribution in [0.1, 0.15) is 12.0 Å². The second-order valence-corrected chi connectivity index (χ2v) is 3.70. The Bertz CT molecular complexity index is 501. The van der Waals surface area contributed by atoms with Crippen molar-refractivity contribution in [2.24, 2.45) is 0 Å². The molecule has 3 heteroatoms. The molecule has 1 aromatic carbocycles. The number of H-pyrrole nitrogens is 1. The summed E-state index contributed by atoms with van der Waals surface area (Å²) in [5.74, 6) is 6.26. The number of benzene rings is 1. The van der Waals surface area contributed by atoms with Crippen LogP contribution in [0.15, 0.2) is 36.8 Å². The molecule has 0 unspecified atom stereocenters. The third-order valence-electron chi connectivity index (χ3n) is 2.43. The number of hydrogen-bond acceptors (Lipinski definition) is 2.